The van der Waals surface area contributed by atoms with E-state index in [4.69, 9.17) is 5.73 Å². The van der Waals surface area contributed by atoms with Crippen molar-refractivity contribution in [2.75, 3.05) is 5.73 Å². The predicted octanol–water partition coefficient (Wildman–Crippen LogP) is 2.27. The second-order valence-corrected chi connectivity index (χ2v) is 6.55. The van der Waals surface area contributed by atoms with Crippen LogP contribution in [0.5, 0.6) is 0 Å². The van der Waals surface area contributed by atoms with E-state index in [1.807, 2.05) is 12.1 Å². The highest BCUT2D eigenvalue weighted by molar-refractivity contribution is 6.05. The predicted molar refractivity (Wildman–Crippen MR) is 87.7 cm³/mol. The number of nitrogens with two attached hydrogens (primary N) is 1. The molecule has 23 heavy (non-hydrogen) atoms. The number of hydrogen-bond donors (Lipinski definition) is 3. The number of rotatable bonds is 5. The fourth-order valence-corrected chi connectivity index (χ4v) is 3.59. The Bertz CT molecular complexity index is 643. The van der Waals surface area contributed by atoms with Gasteiger partial charge in [0.1, 0.15) is 6.04 Å². The number of carbonyl (C=O) groups excluding carboxylic acids is 1. The van der Waals surface area contributed by atoms with Crippen molar-refractivity contribution in [3.05, 3.63) is 41.6 Å². The fraction of sp³-hybridized carbons (Fsp3) is 0.444. The third kappa shape index (κ3) is 2.96. The number of carboxylic acids is 1. The maximum absolute atomic E-state index is 12.1. The lowest BCUT2D eigenvalue weighted by molar-refractivity contribution is -0.140. The van der Waals surface area contributed by atoms with Crippen molar-refractivity contribution in [2.24, 2.45) is 5.41 Å². The van der Waals surface area contributed by atoms with Crippen LogP contribution in [0.1, 0.15) is 37.7 Å². The summed E-state index contributed by atoms with van der Waals surface area (Å²) >= 11 is 0. The van der Waals surface area contributed by atoms with Crippen LogP contribution in [-0.2, 0) is 16.0 Å². The van der Waals surface area contributed by atoms with Crippen LogP contribution in [0.15, 0.2) is 36.0 Å². The minimum Gasteiger partial charge on any atom is -0.480 e. The number of anilines is 1. The molecule has 5 heteroatoms. The van der Waals surface area contributed by atoms with E-state index < -0.39 is 17.4 Å². The molecule has 3 rings (SSSR count). The molecular weight excluding hydrogens is 292 g/mol. The SMILES string of the molecule is Nc1ccc(C[C@H](NC2=CC(=O)C23CCCCC3)C(=O)O)cc1. The summed E-state index contributed by atoms with van der Waals surface area (Å²) in [5.41, 5.74) is 7.59. The molecule has 0 bridgehead atoms. The lowest BCUT2D eigenvalue weighted by Gasteiger charge is -2.44. The number of benzene rings is 1. The molecule has 2 aliphatic rings. The zero-order chi connectivity index (χ0) is 16.4. The van der Waals surface area contributed by atoms with Gasteiger partial charge in [-0.25, -0.2) is 4.79 Å². The Labute approximate surface area is 135 Å². The van der Waals surface area contributed by atoms with Crippen LogP contribution in [0, 0.1) is 5.41 Å². The van der Waals surface area contributed by atoms with Crippen molar-refractivity contribution in [2.45, 2.75) is 44.6 Å². The largest absolute Gasteiger partial charge is 0.480 e. The van der Waals surface area contributed by atoms with Gasteiger partial charge >= 0.3 is 5.97 Å². The molecule has 0 amide bonds. The Morgan fingerprint density at radius 2 is 1.87 bits per heavy atom. The first-order valence-corrected chi connectivity index (χ1v) is 8.12. The first kappa shape index (κ1) is 15.6. The highest BCUT2D eigenvalue weighted by Crippen LogP contribution is 2.48. The maximum atomic E-state index is 12.1. The van der Waals surface area contributed by atoms with Crippen LogP contribution >= 0.6 is 0 Å². The maximum Gasteiger partial charge on any atom is 0.326 e. The Kier molecular flexibility index (Phi) is 4.11. The molecule has 1 aromatic rings. The molecule has 1 aromatic carbocycles. The summed E-state index contributed by atoms with van der Waals surface area (Å²) in [5.74, 6) is -0.760. The van der Waals surface area contributed by atoms with Crippen molar-refractivity contribution >= 4 is 17.4 Å². The molecule has 0 aromatic heterocycles. The zero-order valence-corrected chi connectivity index (χ0v) is 13.0. The van der Waals surface area contributed by atoms with Crippen LogP contribution < -0.4 is 11.1 Å². The molecule has 0 radical (unpaired) electrons. The molecule has 0 heterocycles. The van der Waals surface area contributed by atoms with Crippen molar-refractivity contribution < 1.29 is 14.7 Å². The minimum atomic E-state index is -0.909. The van der Waals surface area contributed by atoms with E-state index in [1.54, 1.807) is 18.2 Å². The van der Waals surface area contributed by atoms with Crippen molar-refractivity contribution in [3.63, 3.8) is 0 Å². The second-order valence-electron chi connectivity index (χ2n) is 6.55. The van der Waals surface area contributed by atoms with E-state index in [1.165, 1.54) is 0 Å². The standard InChI is InChI=1S/C18H22N2O3/c19-13-6-4-12(5-7-13)10-14(17(22)23)20-15-11-16(21)18(15)8-2-1-3-9-18/h4-7,11,14,20H,1-3,8-10,19H2,(H,22,23)/t14-/m0/s1. The van der Waals surface area contributed by atoms with Crippen molar-refractivity contribution in [1.29, 1.82) is 0 Å². The topological polar surface area (TPSA) is 92.4 Å². The first-order valence-electron chi connectivity index (χ1n) is 8.12. The summed E-state index contributed by atoms with van der Waals surface area (Å²) in [6.45, 7) is 0. The average molecular weight is 314 g/mol. The van der Waals surface area contributed by atoms with E-state index >= 15 is 0 Å². The molecular formula is C18H22N2O3. The number of nitrogens with one attached hydrogen (secondary N) is 1. The van der Waals surface area contributed by atoms with Gasteiger partial charge < -0.3 is 16.2 Å². The average Bonchev–Trinajstić information content (AvgIpc) is 2.56. The Hall–Kier alpha value is -2.30. The Morgan fingerprint density at radius 1 is 1.22 bits per heavy atom. The van der Waals surface area contributed by atoms with Gasteiger partial charge in [-0.15, -0.1) is 0 Å². The number of allylic oxidation sites excluding steroid dienone is 2. The number of nitrogen functional groups attached to an aromatic ring is 1. The molecule has 5 nitrogen and oxygen atoms in total. The normalized spacial score (nSPS) is 20.5. The van der Waals surface area contributed by atoms with Gasteiger partial charge in [0.15, 0.2) is 5.78 Å². The van der Waals surface area contributed by atoms with E-state index in [2.05, 4.69) is 5.32 Å². The molecule has 1 fully saturated rings. The molecule has 4 N–H and O–H groups in total. The summed E-state index contributed by atoms with van der Waals surface area (Å²) in [6.07, 6.45) is 6.80. The summed E-state index contributed by atoms with van der Waals surface area (Å²) in [6, 6.07) is 6.47. The van der Waals surface area contributed by atoms with Gasteiger partial charge in [0, 0.05) is 23.9 Å². The molecule has 0 saturated heterocycles. The summed E-state index contributed by atoms with van der Waals surface area (Å²) in [7, 11) is 0. The van der Waals surface area contributed by atoms with E-state index in [0.717, 1.165) is 43.4 Å². The number of carboxylic acid groups (broad SMARTS) is 1. The fourth-order valence-electron chi connectivity index (χ4n) is 3.59. The van der Waals surface area contributed by atoms with Crippen LogP contribution in [0.2, 0.25) is 0 Å². The van der Waals surface area contributed by atoms with Gasteiger partial charge in [0.2, 0.25) is 0 Å². The molecule has 1 spiro atoms. The van der Waals surface area contributed by atoms with Crippen molar-refractivity contribution in [1.82, 2.24) is 5.32 Å². The smallest absolute Gasteiger partial charge is 0.326 e. The van der Waals surface area contributed by atoms with Crippen LogP contribution in [0.4, 0.5) is 5.69 Å². The summed E-state index contributed by atoms with van der Waals surface area (Å²) < 4.78 is 0. The van der Waals surface area contributed by atoms with Crippen molar-refractivity contribution in [3.8, 4) is 0 Å². The van der Waals surface area contributed by atoms with Gasteiger partial charge in [0.05, 0.1) is 5.41 Å². The molecule has 122 valence electrons. The molecule has 1 saturated carbocycles. The van der Waals surface area contributed by atoms with Crippen LogP contribution in [-0.4, -0.2) is 22.9 Å². The highest BCUT2D eigenvalue weighted by Gasteiger charge is 2.49. The van der Waals surface area contributed by atoms with Gasteiger partial charge in [-0.05, 0) is 30.5 Å². The van der Waals surface area contributed by atoms with Gasteiger partial charge in [0.25, 0.3) is 0 Å². The van der Waals surface area contributed by atoms with Gasteiger partial charge in [-0.1, -0.05) is 31.4 Å². The quantitative estimate of drug-likeness (QED) is 0.725. The lowest BCUT2D eigenvalue weighted by Crippen LogP contribution is -2.51. The van der Waals surface area contributed by atoms with E-state index in [9.17, 15) is 14.7 Å². The number of carbonyl (C=O) groups is 2. The van der Waals surface area contributed by atoms with Crippen LogP contribution in [0.25, 0.3) is 0 Å². The molecule has 1 atom stereocenters. The number of aliphatic carboxylic acids is 1. The second kappa shape index (κ2) is 6.07. The van der Waals surface area contributed by atoms with E-state index in [-0.39, 0.29) is 5.78 Å². The number of ketones is 1. The first-order chi connectivity index (χ1) is 11.0. The van der Waals surface area contributed by atoms with Gasteiger partial charge in [-0.3, -0.25) is 4.79 Å². The highest BCUT2D eigenvalue weighted by atomic mass is 16.4. The van der Waals surface area contributed by atoms with E-state index in [0.29, 0.717) is 12.1 Å². The summed E-state index contributed by atoms with van der Waals surface area (Å²) in [5, 5.41) is 12.6. The Morgan fingerprint density at radius 3 is 2.43 bits per heavy atom. The van der Waals surface area contributed by atoms with Gasteiger partial charge in [-0.2, -0.15) is 0 Å². The third-order valence-electron chi connectivity index (χ3n) is 5.02. The Balaban J connectivity index is 1.73. The summed E-state index contributed by atoms with van der Waals surface area (Å²) in [4.78, 5) is 23.7. The molecule has 0 aliphatic heterocycles. The molecule has 0 unspecified atom stereocenters. The zero-order valence-electron chi connectivity index (χ0n) is 13.0. The van der Waals surface area contributed by atoms with Crippen LogP contribution in [0.3, 0.4) is 0 Å². The monoisotopic (exact) mass is 314 g/mol. The third-order valence-corrected chi connectivity index (χ3v) is 5.02. The lowest BCUT2D eigenvalue weighted by atomic mass is 9.62. The minimum absolute atomic E-state index is 0.149. The number of hydrogen-bond acceptors (Lipinski definition) is 4. The molecule has 2 aliphatic carbocycles.